The maximum Gasteiger partial charge on any atom is 0.490 e. The Balaban J connectivity index is 0.000000745. The van der Waals surface area contributed by atoms with Crippen LogP contribution < -0.4 is 20.3 Å². The third-order valence-corrected chi connectivity index (χ3v) is 6.01. The molecule has 0 aliphatic carbocycles. The van der Waals surface area contributed by atoms with Gasteiger partial charge in [-0.15, -0.1) is 0 Å². The fraction of sp³-hybridized carbons (Fsp3) is 0.481. The van der Waals surface area contributed by atoms with Crippen molar-refractivity contribution in [2.24, 2.45) is 0 Å². The SMILES string of the molecule is Cc1cc(NC(=O)C(=O)NCCCN2CCN(c3ccncc3)CC2)ccc1OCCN(C)C.O=C(O)C(F)(F)F. The maximum absolute atomic E-state index is 12.2. The van der Waals surface area contributed by atoms with Crippen LogP contribution in [0.2, 0.25) is 0 Å². The number of aliphatic carboxylic acids is 1. The lowest BCUT2D eigenvalue weighted by Crippen LogP contribution is -2.47. The second-order valence-corrected chi connectivity index (χ2v) is 9.53. The Bertz CT molecular complexity index is 1130. The lowest BCUT2D eigenvalue weighted by molar-refractivity contribution is -0.192. The van der Waals surface area contributed by atoms with Crippen molar-refractivity contribution in [2.45, 2.75) is 19.5 Å². The second kappa shape index (κ2) is 16.4. The van der Waals surface area contributed by atoms with Gasteiger partial charge in [-0.2, -0.15) is 13.2 Å². The van der Waals surface area contributed by atoms with E-state index in [0.717, 1.165) is 57.0 Å². The number of rotatable bonds is 10. The van der Waals surface area contributed by atoms with E-state index in [9.17, 15) is 22.8 Å². The molecule has 0 spiro atoms. The predicted molar refractivity (Wildman–Crippen MR) is 148 cm³/mol. The third kappa shape index (κ3) is 12.4. The molecule has 1 aliphatic heterocycles. The average molecular weight is 583 g/mol. The highest BCUT2D eigenvalue weighted by Crippen LogP contribution is 2.22. The summed E-state index contributed by atoms with van der Waals surface area (Å²) in [4.78, 5) is 44.2. The Labute approximate surface area is 237 Å². The first kappa shape index (κ1) is 33.3. The molecule has 0 unspecified atom stereocenters. The maximum atomic E-state index is 12.2. The molecular weight excluding hydrogens is 545 g/mol. The summed E-state index contributed by atoms with van der Waals surface area (Å²) in [6, 6.07) is 9.43. The first-order valence-corrected chi connectivity index (χ1v) is 13.0. The van der Waals surface area contributed by atoms with Gasteiger partial charge in [-0.3, -0.25) is 19.5 Å². The van der Waals surface area contributed by atoms with Gasteiger partial charge in [0.25, 0.3) is 0 Å². The Kier molecular flexibility index (Phi) is 13.3. The van der Waals surface area contributed by atoms with Crippen LogP contribution in [0.1, 0.15) is 12.0 Å². The summed E-state index contributed by atoms with van der Waals surface area (Å²) in [5.74, 6) is -3.27. The van der Waals surface area contributed by atoms with E-state index in [1.165, 1.54) is 5.69 Å². The molecule has 1 aliphatic rings. The molecule has 41 heavy (non-hydrogen) atoms. The molecule has 0 atom stereocenters. The lowest BCUT2D eigenvalue weighted by atomic mass is 10.2. The summed E-state index contributed by atoms with van der Waals surface area (Å²) in [7, 11) is 3.98. The largest absolute Gasteiger partial charge is 0.492 e. The Morgan fingerprint density at radius 3 is 2.24 bits per heavy atom. The molecule has 2 aromatic rings. The summed E-state index contributed by atoms with van der Waals surface area (Å²) in [5, 5.41) is 12.5. The van der Waals surface area contributed by atoms with Gasteiger partial charge in [0, 0.05) is 63.0 Å². The van der Waals surface area contributed by atoms with Gasteiger partial charge in [0.05, 0.1) is 0 Å². The zero-order valence-corrected chi connectivity index (χ0v) is 23.4. The fourth-order valence-electron chi connectivity index (χ4n) is 3.78. The van der Waals surface area contributed by atoms with Gasteiger partial charge >= 0.3 is 24.0 Å². The molecule has 1 aromatic heterocycles. The number of anilines is 2. The highest BCUT2D eigenvalue weighted by atomic mass is 19.4. The number of amides is 2. The van der Waals surface area contributed by atoms with Gasteiger partial charge in [-0.05, 0) is 69.9 Å². The van der Waals surface area contributed by atoms with Crippen LogP contribution in [0.4, 0.5) is 24.5 Å². The van der Waals surface area contributed by atoms with Crippen molar-refractivity contribution >= 4 is 29.2 Å². The third-order valence-electron chi connectivity index (χ3n) is 6.01. The number of nitrogens with one attached hydrogen (secondary N) is 2. The number of aryl methyl sites for hydroxylation is 1. The molecule has 0 saturated carbocycles. The molecule has 226 valence electrons. The second-order valence-electron chi connectivity index (χ2n) is 9.53. The highest BCUT2D eigenvalue weighted by Gasteiger charge is 2.38. The summed E-state index contributed by atoms with van der Waals surface area (Å²) < 4.78 is 37.5. The monoisotopic (exact) mass is 582 g/mol. The van der Waals surface area contributed by atoms with E-state index >= 15 is 0 Å². The van der Waals surface area contributed by atoms with E-state index in [1.54, 1.807) is 6.07 Å². The highest BCUT2D eigenvalue weighted by molar-refractivity contribution is 6.39. The molecule has 2 heterocycles. The normalized spacial score (nSPS) is 13.7. The van der Waals surface area contributed by atoms with Crippen LogP contribution in [0.3, 0.4) is 0 Å². The zero-order valence-electron chi connectivity index (χ0n) is 23.4. The number of piperazine rings is 1. The fourth-order valence-corrected chi connectivity index (χ4v) is 3.78. The number of carbonyl (C=O) groups is 3. The zero-order chi connectivity index (χ0) is 30.4. The molecule has 1 saturated heterocycles. The van der Waals surface area contributed by atoms with Crippen LogP contribution in [0, 0.1) is 6.92 Å². The van der Waals surface area contributed by atoms with Crippen molar-refractivity contribution in [3.8, 4) is 5.75 Å². The van der Waals surface area contributed by atoms with Crippen LogP contribution >= 0.6 is 0 Å². The number of hydrogen-bond donors (Lipinski definition) is 3. The first-order valence-electron chi connectivity index (χ1n) is 13.0. The van der Waals surface area contributed by atoms with Crippen molar-refractivity contribution in [3.05, 3.63) is 48.3 Å². The number of carboxylic acid groups (broad SMARTS) is 1. The van der Waals surface area contributed by atoms with Gasteiger partial charge in [0.1, 0.15) is 12.4 Å². The van der Waals surface area contributed by atoms with Crippen molar-refractivity contribution in [1.82, 2.24) is 20.1 Å². The van der Waals surface area contributed by atoms with Crippen molar-refractivity contribution in [3.63, 3.8) is 0 Å². The van der Waals surface area contributed by atoms with Gasteiger partial charge in [-0.1, -0.05) is 0 Å². The number of hydrogen-bond acceptors (Lipinski definition) is 8. The standard InChI is InChI=1S/C25H36N6O3.C2HF3O2/c1-20-19-21(5-6-23(20)34-18-17-29(2)3)28-25(33)24(32)27-9-4-12-30-13-15-31(16-14-30)22-7-10-26-11-8-22;3-2(4,5)1(6)7/h5-8,10-11,19H,4,9,12-18H2,1-3H3,(H,27,32)(H,28,33);(H,6,7). The molecule has 2 amide bonds. The van der Waals surface area contributed by atoms with Gasteiger partial charge < -0.3 is 30.3 Å². The number of carboxylic acids is 1. The Morgan fingerprint density at radius 2 is 1.68 bits per heavy atom. The minimum Gasteiger partial charge on any atom is -0.492 e. The van der Waals surface area contributed by atoms with E-state index in [2.05, 4.69) is 25.4 Å². The summed E-state index contributed by atoms with van der Waals surface area (Å²) in [5.41, 5.74) is 2.68. The minimum absolute atomic E-state index is 0.467. The number of pyridine rings is 1. The Hall–Kier alpha value is -3.91. The van der Waals surface area contributed by atoms with Crippen LogP contribution in [0.5, 0.6) is 5.75 Å². The molecule has 14 heteroatoms. The van der Waals surface area contributed by atoms with Gasteiger partial charge in [0.15, 0.2) is 0 Å². The topological polar surface area (TPSA) is 127 Å². The average Bonchev–Trinajstić information content (AvgIpc) is 2.92. The molecule has 3 N–H and O–H groups in total. The van der Waals surface area contributed by atoms with E-state index in [4.69, 9.17) is 14.6 Å². The Morgan fingerprint density at radius 1 is 1.05 bits per heavy atom. The van der Waals surface area contributed by atoms with Crippen molar-refractivity contribution in [1.29, 1.82) is 0 Å². The van der Waals surface area contributed by atoms with Crippen LogP contribution in [-0.2, 0) is 14.4 Å². The van der Waals surface area contributed by atoms with Crippen molar-refractivity contribution < 1.29 is 37.4 Å². The van der Waals surface area contributed by atoms with Crippen LogP contribution in [0.25, 0.3) is 0 Å². The smallest absolute Gasteiger partial charge is 0.490 e. The number of nitrogens with zero attached hydrogens (tertiary/aromatic N) is 4. The quantitative estimate of drug-likeness (QED) is 0.286. The van der Waals surface area contributed by atoms with E-state index in [-0.39, 0.29) is 0 Å². The minimum atomic E-state index is -5.08. The number of benzene rings is 1. The van der Waals surface area contributed by atoms with E-state index in [0.29, 0.717) is 18.8 Å². The molecule has 1 fully saturated rings. The summed E-state index contributed by atoms with van der Waals surface area (Å²) in [6.45, 7) is 8.57. The number of alkyl halides is 3. The van der Waals surface area contributed by atoms with Gasteiger partial charge in [-0.25, -0.2) is 4.79 Å². The lowest BCUT2D eigenvalue weighted by Gasteiger charge is -2.36. The summed E-state index contributed by atoms with van der Waals surface area (Å²) >= 11 is 0. The molecular formula is C27H37F3N6O5. The molecule has 3 rings (SSSR count). The molecule has 0 radical (unpaired) electrons. The molecule has 11 nitrogen and oxygen atoms in total. The summed E-state index contributed by atoms with van der Waals surface area (Å²) in [6.07, 6.45) is -0.649. The molecule has 1 aromatic carbocycles. The number of halogens is 3. The van der Waals surface area contributed by atoms with Crippen LogP contribution in [0.15, 0.2) is 42.7 Å². The number of carbonyl (C=O) groups excluding carboxylic acids is 2. The number of ether oxygens (including phenoxy) is 1. The van der Waals surface area contributed by atoms with E-state index < -0.39 is 24.0 Å². The van der Waals surface area contributed by atoms with Crippen LogP contribution in [-0.4, -0.2) is 110 Å². The predicted octanol–water partition coefficient (Wildman–Crippen LogP) is 2.23. The van der Waals surface area contributed by atoms with Crippen molar-refractivity contribution in [2.75, 3.05) is 76.7 Å². The molecule has 0 bridgehead atoms. The van der Waals surface area contributed by atoms with E-state index in [1.807, 2.05) is 62.6 Å². The van der Waals surface area contributed by atoms with Gasteiger partial charge in [0.2, 0.25) is 0 Å². The first-order chi connectivity index (χ1) is 19.4. The number of likely N-dealkylation sites (N-methyl/N-ethyl adjacent to an activating group) is 1. The number of aromatic nitrogens is 1.